The van der Waals surface area contributed by atoms with Gasteiger partial charge in [0.15, 0.2) is 5.96 Å². The van der Waals surface area contributed by atoms with Crippen LogP contribution in [-0.2, 0) is 0 Å². The Bertz CT molecular complexity index is 507. The van der Waals surface area contributed by atoms with Gasteiger partial charge in [0, 0.05) is 38.6 Å². The van der Waals surface area contributed by atoms with Crippen LogP contribution in [0.3, 0.4) is 0 Å². The summed E-state index contributed by atoms with van der Waals surface area (Å²) in [5, 5.41) is 0. The van der Waals surface area contributed by atoms with E-state index >= 15 is 0 Å². The van der Waals surface area contributed by atoms with Crippen LogP contribution in [0.2, 0.25) is 0 Å². The van der Waals surface area contributed by atoms with Crippen LogP contribution in [0.4, 0.5) is 5.95 Å². The minimum Gasteiger partial charge on any atom is -0.370 e. The molecule has 0 bridgehead atoms. The largest absolute Gasteiger partial charge is 0.370 e. The van der Waals surface area contributed by atoms with E-state index in [-0.39, 0.29) is 0 Å². The molecular weight excluding hydrogens is 276 g/mol. The van der Waals surface area contributed by atoms with E-state index in [4.69, 9.17) is 10.7 Å². The minimum absolute atomic E-state index is 0.456. The van der Waals surface area contributed by atoms with Gasteiger partial charge in [0.25, 0.3) is 0 Å². The van der Waals surface area contributed by atoms with E-state index in [1.165, 1.54) is 12.8 Å². The number of guanidine groups is 1. The summed E-state index contributed by atoms with van der Waals surface area (Å²) in [4.78, 5) is 17.7. The molecule has 22 heavy (non-hydrogen) atoms. The number of piperazine rings is 1. The minimum atomic E-state index is 0.456. The Labute approximate surface area is 132 Å². The Kier molecular flexibility index (Phi) is 4.45. The van der Waals surface area contributed by atoms with Crippen molar-refractivity contribution in [1.82, 2.24) is 14.9 Å². The number of rotatable bonds is 4. The summed E-state index contributed by atoms with van der Waals surface area (Å²) in [7, 11) is 0. The first-order valence-corrected chi connectivity index (χ1v) is 8.23. The van der Waals surface area contributed by atoms with Crippen molar-refractivity contribution >= 4 is 11.9 Å². The highest BCUT2D eigenvalue weighted by Crippen LogP contribution is 2.39. The van der Waals surface area contributed by atoms with E-state index < -0.39 is 0 Å². The molecule has 1 aromatic rings. The van der Waals surface area contributed by atoms with E-state index in [1.54, 1.807) is 12.4 Å². The zero-order chi connectivity index (χ0) is 15.5. The van der Waals surface area contributed by atoms with E-state index in [0.29, 0.717) is 12.0 Å². The highest BCUT2D eigenvalue weighted by atomic mass is 15.4. The molecule has 6 nitrogen and oxygen atoms in total. The van der Waals surface area contributed by atoms with E-state index in [2.05, 4.69) is 33.6 Å². The Balaban J connectivity index is 1.49. The third-order valence-electron chi connectivity index (χ3n) is 4.40. The van der Waals surface area contributed by atoms with Crippen molar-refractivity contribution in [3.05, 3.63) is 18.5 Å². The van der Waals surface area contributed by atoms with Crippen LogP contribution < -0.4 is 10.6 Å². The standard InChI is InChI=1S/C16H26N6/c1-12(2)10-13-11-14(13)20-15(17)21-6-8-22(9-7-21)16-18-4-3-5-19-16/h3-5,12-14H,6-11H2,1-2H3,(H2,17,20)/t13-,14-/m1/s1. The summed E-state index contributed by atoms with van der Waals surface area (Å²) in [6, 6.07) is 2.30. The fraction of sp³-hybridized carbons (Fsp3) is 0.688. The fourth-order valence-corrected chi connectivity index (χ4v) is 3.09. The summed E-state index contributed by atoms with van der Waals surface area (Å²) in [6.07, 6.45) is 6.04. The van der Waals surface area contributed by atoms with Crippen molar-refractivity contribution in [3.63, 3.8) is 0 Å². The van der Waals surface area contributed by atoms with Crippen LogP contribution in [0.15, 0.2) is 23.5 Å². The Morgan fingerprint density at radius 2 is 1.95 bits per heavy atom. The Hall–Kier alpha value is -1.85. The predicted octanol–water partition coefficient (Wildman–Crippen LogP) is 1.35. The van der Waals surface area contributed by atoms with Gasteiger partial charge in [-0.25, -0.2) is 15.0 Å². The van der Waals surface area contributed by atoms with Gasteiger partial charge < -0.3 is 15.5 Å². The Morgan fingerprint density at radius 1 is 1.27 bits per heavy atom. The zero-order valence-electron chi connectivity index (χ0n) is 13.5. The molecule has 120 valence electrons. The van der Waals surface area contributed by atoms with Crippen LogP contribution >= 0.6 is 0 Å². The maximum atomic E-state index is 6.19. The molecule has 1 saturated carbocycles. The quantitative estimate of drug-likeness (QED) is 0.671. The second kappa shape index (κ2) is 6.50. The number of nitrogens with zero attached hydrogens (tertiary/aromatic N) is 5. The third kappa shape index (κ3) is 3.67. The molecule has 2 fully saturated rings. The molecule has 0 aromatic carbocycles. The lowest BCUT2D eigenvalue weighted by molar-refractivity contribution is 0.377. The van der Waals surface area contributed by atoms with E-state index in [1.807, 2.05) is 6.07 Å². The van der Waals surface area contributed by atoms with Crippen molar-refractivity contribution in [2.45, 2.75) is 32.7 Å². The molecule has 0 unspecified atom stereocenters. The highest BCUT2D eigenvalue weighted by molar-refractivity contribution is 5.78. The first kappa shape index (κ1) is 15.1. The molecule has 1 aliphatic heterocycles. The van der Waals surface area contributed by atoms with Gasteiger partial charge in [-0.05, 0) is 30.7 Å². The van der Waals surface area contributed by atoms with Gasteiger partial charge in [-0.2, -0.15) is 0 Å². The zero-order valence-corrected chi connectivity index (χ0v) is 13.5. The molecule has 2 atom stereocenters. The van der Waals surface area contributed by atoms with Gasteiger partial charge in [-0.15, -0.1) is 0 Å². The summed E-state index contributed by atoms with van der Waals surface area (Å²) in [5.74, 6) is 3.01. The van der Waals surface area contributed by atoms with Crippen LogP contribution in [-0.4, -0.2) is 53.0 Å². The molecule has 0 spiro atoms. The normalized spacial score (nSPS) is 25.7. The maximum absolute atomic E-state index is 6.19. The molecule has 6 heteroatoms. The van der Waals surface area contributed by atoms with Crippen LogP contribution in [0.5, 0.6) is 0 Å². The summed E-state index contributed by atoms with van der Waals surface area (Å²) < 4.78 is 0. The number of hydrogen-bond acceptors (Lipinski definition) is 4. The van der Waals surface area contributed by atoms with Gasteiger partial charge in [-0.1, -0.05) is 13.8 Å². The third-order valence-corrected chi connectivity index (χ3v) is 4.40. The maximum Gasteiger partial charge on any atom is 0.225 e. The van der Waals surface area contributed by atoms with Crippen molar-refractivity contribution in [3.8, 4) is 0 Å². The molecule has 1 aliphatic carbocycles. The van der Waals surface area contributed by atoms with Crippen LogP contribution in [0.1, 0.15) is 26.7 Å². The van der Waals surface area contributed by atoms with Gasteiger partial charge >= 0.3 is 0 Å². The second-order valence-electron chi connectivity index (χ2n) is 6.70. The average Bonchev–Trinajstić information content (AvgIpc) is 3.25. The monoisotopic (exact) mass is 302 g/mol. The molecule has 2 heterocycles. The van der Waals surface area contributed by atoms with Crippen molar-refractivity contribution < 1.29 is 0 Å². The van der Waals surface area contributed by atoms with Crippen LogP contribution in [0.25, 0.3) is 0 Å². The topological polar surface area (TPSA) is 70.6 Å². The number of nitrogens with two attached hydrogens (primary N) is 1. The Morgan fingerprint density at radius 3 is 2.59 bits per heavy atom. The summed E-state index contributed by atoms with van der Waals surface area (Å²) in [6.45, 7) is 8.09. The molecule has 2 N–H and O–H groups in total. The van der Waals surface area contributed by atoms with Gasteiger partial charge in [-0.3, -0.25) is 0 Å². The summed E-state index contributed by atoms with van der Waals surface area (Å²) >= 11 is 0. The molecule has 0 radical (unpaired) electrons. The number of hydrogen-bond donors (Lipinski definition) is 1. The van der Waals surface area contributed by atoms with Crippen molar-refractivity contribution in [1.29, 1.82) is 0 Å². The van der Waals surface area contributed by atoms with Crippen molar-refractivity contribution in [2.75, 3.05) is 31.1 Å². The number of anilines is 1. The number of aliphatic imine (C=N–C) groups is 1. The predicted molar refractivity (Wildman–Crippen MR) is 88.8 cm³/mol. The molecule has 1 saturated heterocycles. The lowest BCUT2D eigenvalue weighted by Crippen LogP contribution is -2.51. The van der Waals surface area contributed by atoms with Crippen molar-refractivity contribution in [2.24, 2.45) is 22.6 Å². The lowest BCUT2D eigenvalue weighted by Gasteiger charge is -2.35. The van der Waals surface area contributed by atoms with Gasteiger partial charge in [0.1, 0.15) is 0 Å². The van der Waals surface area contributed by atoms with Gasteiger partial charge in [0.05, 0.1) is 6.04 Å². The smallest absolute Gasteiger partial charge is 0.225 e. The fourth-order valence-electron chi connectivity index (χ4n) is 3.09. The highest BCUT2D eigenvalue weighted by Gasteiger charge is 2.37. The molecule has 1 aromatic heterocycles. The second-order valence-corrected chi connectivity index (χ2v) is 6.70. The van der Waals surface area contributed by atoms with E-state index in [9.17, 15) is 0 Å². The first-order valence-electron chi connectivity index (χ1n) is 8.23. The molecule has 0 amide bonds. The van der Waals surface area contributed by atoms with Gasteiger partial charge in [0.2, 0.25) is 5.95 Å². The van der Waals surface area contributed by atoms with Crippen LogP contribution in [0, 0.1) is 11.8 Å². The lowest BCUT2D eigenvalue weighted by atomic mass is 10.1. The molecule has 2 aliphatic rings. The number of aromatic nitrogens is 2. The SMILES string of the molecule is CC(C)C[C@@H]1C[C@H]1N=C(N)N1CCN(c2ncccn2)CC1. The first-order chi connectivity index (χ1) is 10.6. The molecular formula is C16H26N6. The summed E-state index contributed by atoms with van der Waals surface area (Å²) in [5.41, 5.74) is 6.19. The average molecular weight is 302 g/mol. The molecule has 3 rings (SSSR count). The van der Waals surface area contributed by atoms with E-state index in [0.717, 1.165) is 44.0 Å².